The summed E-state index contributed by atoms with van der Waals surface area (Å²) in [4.78, 5) is 0. The number of hydrogen-bond donors (Lipinski definition) is 0. The molecule has 0 saturated heterocycles. The van der Waals surface area contributed by atoms with Gasteiger partial charge in [-0.2, -0.15) is 5.26 Å². The smallest absolute Gasteiger partial charge is 0.137 e. The normalized spacial score (nSPS) is 15.3. The average molecular weight is 215 g/mol. The van der Waals surface area contributed by atoms with Gasteiger partial charge in [-0.05, 0) is 55.9 Å². The summed E-state index contributed by atoms with van der Waals surface area (Å²) < 4.78 is 5.75. The molecular formula is C14H17NO. The first-order valence-corrected chi connectivity index (χ1v) is 5.85. The van der Waals surface area contributed by atoms with E-state index in [1.54, 1.807) is 0 Å². The minimum atomic E-state index is 0.655. The van der Waals surface area contributed by atoms with Crippen LogP contribution in [-0.4, -0.2) is 6.61 Å². The zero-order valence-corrected chi connectivity index (χ0v) is 9.92. The Hall–Kier alpha value is -1.49. The molecule has 0 amide bonds. The number of aryl methyl sites for hydroxylation is 2. The molecule has 2 nitrogen and oxygen atoms in total. The summed E-state index contributed by atoms with van der Waals surface area (Å²) in [6, 6.07) is 6.09. The van der Waals surface area contributed by atoms with Crippen LogP contribution in [0.3, 0.4) is 0 Å². The molecule has 0 bridgehead atoms. The second kappa shape index (κ2) is 4.57. The Bertz CT molecular complexity index is 427. The van der Waals surface area contributed by atoms with Crippen LogP contribution < -0.4 is 4.74 Å². The van der Waals surface area contributed by atoms with Crippen molar-refractivity contribution >= 4 is 0 Å². The molecule has 1 aromatic carbocycles. The van der Waals surface area contributed by atoms with Crippen molar-refractivity contribution in [2.45, 2.75) is 33.1 Å². The zero-order chi connectivity index (χ0) is 11.5. The lowest BCUT2D eigenvalue weighted by Crippen LogP contribution is -2.19. The van der Waals surface area contributed by atoms with Crippen LogP contribution in [0, 0.1) is 31.1 Å². The highest BCUT2D eigenvalue weighted by molar-refractivity contribution is 5.48. The number of ether oxygens (including phenoxy) is 1. The van der Waals surface area contributed by atoms with Gasteiger partial charge in [0.2, 0.25) is 0 Å². The van der Waals surface area contributed by atoms with Crippen LogP contribution in [0.25, 0.3) is 0 Å². The molecular weight excluding hydrogens is 198 g/mol. The molecule has 1 aliphatic carbocycles. The summed E-state index contributed by atoms with van der Waals surface area (Å²) >= 11 is 0. The van der Waals surface area contributed by atoms with Crippen LogP contribution >= 0.6 is 0 Å². The first-order chi connectivity index (χ1) is 7.70. The number of hydrogen-bond acceptors (Lipinski definition) is 2. The van der Waals surface area contributed by atoms with Crippen LogP contribution in [-0.2, 0) is 0 Å². The minimum absolute atomic E-state index is 0.655. The van der Waals surface area contributed by atoms with Crippen molar-refractivity contribution in [1.29, 1.82) is 5.26 Å². The Morgan fingerprint density at radius 1 is 1.31 bits per heavy atom. The van der Waals surface area contributed by atoms with E-state index in [0.717, 1.165) is 17.9 Å². The predicted octanol–water partition coefficient (Wildman–Crippen LogP) is 3.35. The van der Waals surface area contributed by atoms with Crippen LogP contribution in [0.15, 0.2) is 12.1 Å². The largest absolute Gasteiger partial charge is 0.492 e. The summed E-state index contributed by atoms with van der Waals surface area (Å²) in [7, 11) is 0. The number of nitrogens with zero attached hydrogens (tertiary/aromatic N) is 1. The van der Waals surface area contributed by atoms with Crippen molar-refractivity contribution in [1.82, 2.24) is 0 Å². The standard InChI is InChI=1S/C14H17NO/c1-10-6-13(8-15)14(7-11(10)2)16-9-12-4-3-5-12/h6-7,12H,3-5,9H2,1-2H3. The van der Waals surface area contributed by atoms with Crippen LogP contribution in [0.2, 0.25) is 0 Å². The number of rotatable bonds is 3. The monoisotopic (exact) mass is 215 g/mol. The molecule has 84 valence electrons. The van der Waals surface area contributed by atoms with Gasteiger partial charge in [0.15, 0.2) is 0 Å². The van der Waals surface area contributed by atoms with Crippen molar-refractivity contribution in [3.8, 4) is 11.8 Å². The van der Waals surface area contributed by atoms with Crippen LogP contribution in [0.1, 0.15) is 36.0 Å². The molecule has 0 radical (unpaired) electrons. The minimum Gasteiger partial charge on any atom is -0.492 e. The lowest BCUT2D eigenvalue weighted by Gasteiger charge is -2.25. The molecule has 1 saturated carbocycles. The second-order valence-corrected chi connectivity index (χ2v) is 4.65. The van der Waals surface area contributed by atoms with Gasteiger partial charge >= 0.3 is 0 Å². The van der Waals surface area contributed by atoms with Crippen LogP contribution in [0.4, 0.5) is 0 Å². The average Bonchev–Trinajstić information content (AvgIpc) is 2.20. The van der Waals surface area contributed by atoms with Crippen molar-refractivity contribution in [3.05, 3.63) is 28.8 Å². The van der Waals surface area contributed by atoms with Gasteiger partial charge in [-0.15, -0.1) is 0 Å². The fraction of sp³-hybridized carbons (Fsp3) is 0.500. The van der Waals surface area contributed by atoms with Crippen LogP contribution in [0.5, 0.6) is 5.75 Å². The van der Waals surface area contributed by atoms with Crippen molar-refractivity contribution in [2.75, 3.05) is 6.61 Å². The molecule has 0 heterocycles. The molecule has 0 spiro atoms. The number of benzene rings is 1. The molecule has 16 heavy (non-hydrogen) atoms. The Labute approximate surface area is 96.9 Å². The summed E-state index contributed by atoms with van der Waals surface area (Å²) in [5.41, 5.74) is 2.98. The van der Waals surface area contributed by atoms with E-state index in [1.807, 2.05) is 26.0 Å². The third-order valence-corrected chi connectivity index (χ3v) is 3.42. The van der Waals surface area contributed by atoms with Gasteiger partial charge < -0.3 is 4.74 Å². The van der Waals surface area contributed by atoms with Gasteiger partial charge in [0.05, 0.1) is 12.2 Å². The number of nitriles is 1. The molecule has 0 N–H and O–H groups in total. The summed E-state index contributed by atoms with van der Waals surface area (Å²) in [6.07, 6.45) is 3.87. The Morgan fingerprint density at radius 3 is 2.56 bits per heavy atom. The fourth-order valence-corrected chi connectivity index (χ4v) is 1.86. The molecule has 0 unspecified atom stereocenters. The summed E-state index contributed by atoms with van der Waals surface area (Å²) in [5.74, 6) is 1.45. The maximum atomic E-state index is 9.04. The predicted molar refractivity (Wildman–Crippen MR) is 63.5 cm³/mol. The summed E-state index contributed by atoms with van der Waals surface area (Å²) in [5, 5.41) is 9.04. The summed E-state index contributed by atoms with van der Waals surface area (Å²) in [6.45, 7) is 4.83. The van der Waals surface area contributed by atoms with E-state index in [9.17, 15) is 0 Å². The van der Waals surface area contributed by atoms with Crippen molar-refractivity contribution in [2.24, 2.45) is 5.92 Å². The van der Waals surface area contributed by atoms with Gasteiger partial charge in [-0.1, -0.05) is 6.42 Å². The lowest BCUT2D eigenvalue weighted by atomic mass is 9.86. The van der Waals surface area contributed by atoms with Gasteiger partial charge in [-0.25, -0.2) is 0 Å². The fourth-order valence-electron chi connectivity index (χ4n) is 1.86. The first-order valence-electron chi connectivity index (χ1n) is 5.85. The van der Waals surface area contributed by atoms with Gasteiger partial charge in [0.25, 0.3) is 0 Å². The lowest BCUT2D eigenvalue weighted by molar-refractivity contribution is 0.180. The molecule has 0 atom stereocenters. The molecule has 2 heteroatoms. The highest BCUT2D eigenvalue weighted by Crippen LogP contribution is 2.29. The zero-order valence-electron chi connectivity index (χ0n) is 9.92. The molecule has 1 aliphatic rings. The van der Waals surface area contributed by atoms with E-state index in [0.29, 0.717) is 11.5 Å². The second-order valence-electron chi connectivity index (χ2n) is 4.65. The van der Waals surface area contributed by atoms with E-state index in [2.05, 4.69) is 6.07 Å². The highest BCUT2D eigenvalue weighted by Gasteiger charge is 2.18. The van der Waals surface area contributed by atoms with Crippen molar-refractivity contribution in [3.63, 3.8) is 0 Å². The molecule has 2 rings (SSSR count). The molecule has 0 aromatic heterocycles. The van der Waals surface area contributed by atoms with Gasteiger partial charge in [0, 0.05) is 0 Å². The third kappa shape index (κ3) is 2.19. The topological polar surface area (TPSA) is 33.0 Å². The van der Waals surface area contributed by atoms with Crippen molar-refractivity contribution < 1.29 is 4.74 Å². The van der Waals surface area contributed by atoms with Gasteiger partial charge in [0.1, 0.15) is 11.8 Å². The molecule has 1 aromatic rings. The molecule has 1 fully saturated rings. The van der Waals surface area contributed by atoms with Gasteiger partial charge in [-0.3, -0.25) is 0 Å². The van der Waals surface area contributed by atoms with E-state index in [4.69, 9.17) is 10.00 Å². The maximum absolute atomic E-state index is 9.04. The van der Waals surface area contributed by atoms with E-state index in [-0.39, 0.29) is 0 Å². The quantitative estimate of drug-likeness (QED) is 0.774. The Morgan fingerprint density at radius 2 is 2.00 bits per heavy atom. The Kier molecular flexibility index (Phi) is 3.14. The maximum Gasteiger partial charge on any atom is 0.137 e. The van der Waals surface area contributed by atoms with E-state index < -0.39 is 0 Å². The third-order valence-electron chi connectivity index (χ3n) is 3.42. The highest BCUT2D eigenvalue weighted by atomic mass is 16.5. The molecule has 0 aliphatic heterocycles. The SMILES string of the molecule is Cc1cc(C#N)c(OCC2CCC2)cc1C. The van der Waals surface area contributed by atoms with E-state index >= 15 is 0 Å². The Balaban J connectivity index is 2.12. The van der Waals surface area contributed by atoms with E-state index in [1.165, 1.54) is 24.8 Å². The first kappa shape index (κ1) is 11.0.